The lowest BCUT2D eigenvalue weighted by Gasteiger charge is -2.41. The van der Waals surface area contributed by atoms with E-state index in [0.717, 1.165) is 22.4 Å². The third kappa shape index (κ3) is 5.53. The zero-order chi connectivity index (χ0) is 34.3. The van der Waals surface area contributed by atoms with Gasteiger partial charge in [0.1, 0.15) is 11.6 Å². The van der Waals surface area contributed by atoms with Gasteiger partial charge < -0.3 is 24.5 Å². The number of ether oxygens (including phenoxy) is 1. The average molecular weight is 642 g/mol. The largest absolute Gasteiger partial charge is 0.394 e. The first-order valence-corrected chi connectivity index (χ1v) is 17.0. The third-order valence-electron chi connectivity index (χ3n) is 11.3. The zero-order valence-corrected chi connectivity index (χ0v) is 28.8. The Labute approximate surface area is 280 Å². The summed E-state index contributed by atoms with van der Waals surface area (Å²) in [6, 6.07) is 14.0. The van der Waals surface area contributed by atoms with E-state index in [-0.39, 0.29) is 42.7 Å². The van der Waals surface area contributed by atoms with Crippen LogP contribution in [0.15, 0.2) is 73.8 Å². The Balaban J connectivity index is 1.67. The highest BCUT2D eigenvalue weighted by molar-refractivity contribution is 6.06. The number of aliphatic hydroxyl groups is 1. The summed E-state index contributed by atoms with van der Waals surface area (Å²) in [5, 5.41) is 10.8. The molecule has 3 heterocycles. The minimum atomic E-state index is -1.24. The summed E-state index contributed by atoms with van der Waals surface area (Å²) in [7, 11) is 0. The first kappa shape index (κ1) is 34.6. The van der Waals surface area contributed by atoms with Crippen molar-refractivity contribution in [3.05, 3.63) is 90.5 Å². The minimum Gasteiger partial charge on any atom is -0.394 e. The van der Waals surface area contributed by atoms with Crippen LogP contribution in [-0.2, 0) is 25.7 Å². The van der Waals surface area contributed by atoms with E-state index in [0.29, 0.717) is 25.9 Å². The molecule has 1 spiro atoms. The van der Waals surface area contributed by atoms with Gasteiger partial charge >= 0.3 is 0 Å². The van der Waals surface area contributed by atoms with Crippen molar-refractivity contribution in [1.82, 2.24) is 9.80 Å². The van der Waals surface area contributed by atoms with Crippen LogP contribution in [0.1, 0.15) is 57.2 Å². The van der Waals surface area contributed by atoms with Crippen molar-refractivity contribution in [2.75, 3.05) is 24.6 Å². The number of carbonyl (C=O) groups excluding carboxylic acids is 3. The van der Waals surface area contributed by atoms with Crippen molar-refractivity contribution in [2.24, 2.45) is 23.7 Å². The molecule has 2 aromatic carbocycles. The number of anilines is 1. The number of carbonyl (C=O) groups is 3. The Morgan fingerprint density at radius 2 is 1.70 bits per heavy atom. The summed E-state index contributed by atoms with van der Waals surface area (Å²) in [5.41, 5.74) is 1.39. The molecule has 2 bridgehead atoms. The standard InChI is InChI=1S/C39H51N3O5/c1-9-20-40(23-29-18-13-12-14-19-29)35(44)31-32-36(45)42(30(24-43)25(4)11-3)34(39(32)22-28(7)38(31,8)47-39)37(46)41(21-10-2)33-26(5)16-15-17-27(33)6/h9-10,12-19,25,28,30-32,34,43H,1-2,11,20-24H2,3-8H3/t25-,28?,30-,31-,32-,34?,38+,39?/m0/s1. The van der Waals surface area contributed by atoms with Gasteiger partial charge in [0.25, 0.3) is 5.91 Å². The van der Waals surface area contributed by atoms with E-state index in [1.165, 1.54) is 0 Å². The lowest BCUT2D eigenvalue weighted by Crippen LogP contribution is -2.60. The Bertz CT molecular complexity index is 1510. The van der Waals surface area contributed by atoms with E-state index < -0.39 is 35.1 Å². The molecule has 3 aliphatic rings. The van der Waals surface area contributed by atoms with E-state index in [2.05, 4.69) is 20.1 Å². The lowest BCUT2D eigenvalue weighted by atomic mass is 9.62. The van der Waals surface area contributed by atoms with Gasteiger partial charge in [-0.05, 0) is 55.7 Å². The molecule has 3 saturated heterocycles. The van der Waals surface area contributed by atoms with Crippen LogP contribution in [0.4, 0.5) is 5.69 Å². The molecule has 3 fully saturated rings. The van der Waals surface area contributed by atoms with E-state index >= 15 is 9.59 Å². The molecule has 8 atom stereocenters. The fourth-order valence-corrected chi connectivity index (χ4v) is 8.69. The first-order valence-electron chi connectivity index (χ1n) is 17.0. The van der Waals surface area contributed by atoms with Crippen LogP contribution in [-0.4, -0.2) is 75.6 Å². The van der Waals surface area contributed by atoms with E-state index in [4.69, 9.17) is 4.74 Å². The topological polar surface area (TPSA) is 90.4 Å². The van der Waals surface area contributed by atoms with Crippen LogP contribution in [0.2, 0.25) is 0 Å². The molecule has 3 aliphatic heterocycles. The molecule has 47 heavy (non-hydrogen) atoms. The van der Waals surface area contributed by atoms with E-state index in [1.807, 2.05) is 83.1 Å². The van der Waals surface area contributed by atoms with Crippen molar-refractivity contribution >= 4 is 23.4 Å². The van der Waals surface area contributed by atoms with Crippen molar-refractivity contribution in [3.8, 4) is 0 Å². The Morgan fingerprint density at radius 1 is 1.06 bits per heavy atom. The predicted octanol–water partition coefficient (Wildman–Crippen LogP) is 5.45. The molecule has 0 aromatic heterocycles. The van der Waals surface area contributed by atoms with Crippen LogP contribution < -0.4 is 4.90 Å². The maximum Gasteiger partial charge on any atom is 0.253 e. The Kier molecular flexibility index (Phi) is 9.86. The Hall–Kier alpha value is -3.75. The molecule has 1 N–H and O–H groups in total. The molecule has 8 nitrogen and oxygen atoms in total. The van der Waals surface area contributed by atoms with Gasteiger partial charge in [-0.15, -0.1) is 13.2 Å². The average Bonchev–Trinajstić information content (AvgIpc) is 3.56. The maximum atomic E-state index is 15.2. The summed E-state index contributed by atoms with van der Waals surface area (Å²) in [6.45, 7) is 20.4. The fourth-order valence-electron chi connectivity index (χ4n) is 8.69. The number of aryl methyl sites for hydroxylation is 2. The van der Waals surface area contributed by atoms with Crippen LogP contribution in [0.3, 0.4) is 0 Å². The molecule has 5 rings (SSSR count). The molecule has 8 heteroatoms. The second-order valence-corrected chi connectivity index (χ2v) is 14.1. The minimum absolute atomic E-state index is 0.0998. The maximum absolute atomic E-state index is 15.2. The molecule has 3 unspecified atom stereocenters. The van der Waals surface area contributed by atoms with E-state index in [1.54, 1.807) is 26.9 Å². The molecule has 0 aliphatic carbocycles. The highest BCUT2D eigenvalue weighted by Gasteiger charge is 2.80. The number of amides is 3. The highest BCUT2D eigenvalue weighted by Crippen LogP contribution is 2.66. The van der Waals surface area contributed by atoms with Gasteiger partial charge in [0.15, 0.2) is 0 Å². The molecule has 3 amide bonds. The van der Waals surface area contributed by atoms with E-state index in [9.17, 15) is 9.90 Å². The fraction of sp³-hybridized carbons (Fsp3) is 0.513. The summed E-state index contributed by atoms with van der Waals surface area (Å²) in [5.74, 6) is -2.66. The monoisotopic (exact) mass is 641 g/mol. The van der Waals surface area contributed by atoms with Gasteiger partial charge in [0, 0.05) is 25.3 Å². The highest BCUT2D eigenvalue weighted by atomic mass is 16.5. The summed E-state index contributed by atoms with van der Waals surface area (Å²) >= 11 is 0. The molecule has 0 radical (unpaired) electrons. The molecule has 0 saturated carbocycles. The van der Waals surface area contributed by atoms with Crippen LogP contribution in [0, 0.1) is 37.5 Å². The van der Waals surface area contributed by atoms with Gasteiger partial charge in [-0.1, -0.05) is 87.9 Å². The lowest BCUT2D eigenvalue weighted by molar-refractivity contribution is -0.155. The van der Waals surface area contributed by atoms with Crippen molar-refractivity contribution in [2.45, 2.75) is 84.2 Å². The first-order chi connectivity index (χ1) is 22.4. The zero-order valence-electron chi connectivity index (χ0n) is 28.8. The summed E-state index contributed by atoms with van der Waals surface area (Å²) < 4.78 is 7.07. The van der Waals surface area contributed by atoms with Crippen molar-refractivity contribution in [3.63, 3.8) is 0 Å². The summed E-state index contributed by atoms with van der Waals surface area (Å²) in [6.07, 6.45) is 4.54. The summed E-state index contributed by atoms with van der Waals surface area (Å²) in [4.78, 5) is 50.1. The second-order valence-electron chi connectivity index (χ2n) is 14.1. The van der Waals surface area contributed by atoms with Gasteiger partial charge in [0.2, 0.25) is 11.8 Å². The Morgan fingerprint density at radius 3 is 2.28 bits per heavy atom. The molecular weight excluding hydrogens is 590 g/mol. The number of aliphatic hydroxyl groups excluding tert-OH is 1. The number of likely N-dealkylation sites (tertiary alicyclic amines) is 1. The van der Waals surface area contributed by atoms with Gasteiger partial charge in [0.05, 0.1) is 30.1 Å². The van der Waals surface area contributed by atoms with Gasteiger partial charge in [-0.2, -0.15) is 0 Å². The molecular formula is C39H51N3O5. The quantitative estimate of drug-likeness (QED) is 0.294. The number of benzene rings is 2. The molecule has 2 aromatic rings. The van der Waals surface area contributed by atoms with Crippen LogP contribution in [0.25, 0.3) is 0 Å². The van der Waals surface area contributed by atoms with Gasteiger partial charge in [-0.3, -0.25) is 14.4 Å². The van der Waals surface area contributed by atoms with Crippen LogP contribution >= 0.6 is 0 Å². The van der Waals surface area contributed by atoms with Gasteiger partial charge in [-0.25, -0.2) is 0 Å². The number of nitrogens with zero attached hydrogens (tertiary/aromatic N) is 3. The van der Waals surface area contributed by atoms with Crippen molar-refractivity contribution in [1.29, 1.82) is 0 Å². The number of rotatable bonds is 13. The second kappa shape index (κ2) is 13.4. The van der Waals surface area contributed by atoms with Crippen molar-refractivity contribution < 1.29 is 24.2 Å². The SMILES string of the molecule is C=CCN(Cc1ccccc1)C(=O)[C@@H]1[C@H]2C(=O)N([C@@H](CO)[C@@H](C)CC)C(C(=O)N(CC=C)c3c(C)cccc3C)C23CC(C)[C@@]1(C)O3. The smallest absolute Gasteiger partial charge is 0.253 e. The third-order valence-corrected chi connectivity index (χ3v) is 11.3. The number of hydrogen-bond donors (Lipinski definition) is 1. The number of para-hydroxylation sites is 1. The number of hydrogen-bond acceptors (Lipinski definition) is 5. The predicted molar refractivity (Wildman–Crippen MR) is 184 cm³/mol. The van der Waals surface area contributed by atoms with Crippen LogP contribution in [0.5, 0.6) is 0 Å². The number of fused-ring (bicyclic) bond motifs is 1. The normalized spacial score (nSPS) is 28.9. The molecule has 252 valence electrons.